The molecule has 4 nitrogen and oxygen atoms in total. The Morgan fingerprint density at radius 3 is 2.44 bits per heavy atom. The number of anilines is 1. The van der Waals surface area contributed by atoms with E-state index in [-0.39, 0.29) is 18.2 Å². The molecule has 0 aliphatic carbocycles. The van der Waals surface area contributed by atoms with E-state index in [0.717, 1.165) is 5.69 Å². The predicted molar refractivity (Wildman–Crippen MR) is 70.9 cm³/mol. The zero-order valence-corrected chi connectivity index (χ0v) is 11.3. The van der Waals surface area contributed by atoms with Crippen LogP contribution < -0.4 is 10.4 Å². The minimum Gasteiger partial charge on any atom is -0.353 e. The van der Waals surface area contributed by atoms with Gasteiger partial charge in [0.1, 0.15) is 0 Å². The molecule has 1 atom stereocenters. The van der Waals surface area contributed by atoms with Crippen molar-refractivity contribution in [1.29, 1.82) is 0 Å². The van der Waals surface area contributed by atoms with Crippen LogP contribution in [0.25, 0.3) is 0 Å². The highest BCUT2D eigenvalue weighted by Gasteiger charge is 2.49. The molecule has 1 fully saturated rings. The maximum atomic E-state index is 12.0. The average Bonchev–Trinajstić information content (AvgIpc) is 2.54. The Kier molecular flexibility index (Phi) is 3.30. The zero-order valence-electron chi connectivity index (χ0n) is 11.3. The van der Waals surface area contributed by atoms with Crippen molar-refractivity contribution in [2.24, 2.45) is 5.41 Å². The molecule has 1 heterocycles. The number of amides is 1. The first-order valence-electron chi connectivity index (χ1n) is 6.24. The minimum atomic E-state index is -0.569. The van der Waals surface area contributed by atoms with Crippen LogP contribution in [-0.2, 0) is 9.53 Å². The number of benzene rings is 1. The number of hydrogen-bond donors (Lipinski definition) is 1. The van der Waals surface area contributed by atoms with Crippen LogP contribution in [0.3, 0.4) is 0 Å². The number of hydrogen-bond acceptors (Lipinski definition) is 3. The third-order valence-electron chi connectivity index (χ3n) is 3.09. The summed E-state index contributed by atoms with van der Waals surface area (Å²) in [6, 6.07) is 9.75. The van der Waals surface area contributed by atoms with E-state index >= 15 is 0 Å². The topological polar surface area (TPSA) is 41.6 Å². The molecule has 4 heteroatoms. The second kappa shape index (κ2) is 4.61. The normalized spacial score (nSPS) is 22.4. The third kappa shape index (κ3) is 2.20. The monoisotopic (exact) mass is 248 g/mol. The number of rotatable bonds is 3. The first-order chi connectivity index (χ1) is 8.43. The summed E-state index contributed by atoms with van der Waals surface area (Å²) in [5, 5.41) is 1.81. The van der Waals surface area contributed by atoms with E-state index in [4.69, 9.17) is 4.74 Å². The molecule has 1 aromatic rings. The lowest BCUT2D eigenvalue weighted by Crippen LogP contribution is -2.43. The zero-order chi connectivity index (χ0) is 13.3. The van der Waals surface area contributed by atoms with Crippen LogP contribution >= 0.6 is 0 Å². The Labute approximate surface area is 108 Å². The second-order valence-electron chi connectivity index (χ2n) is 5.41. The van der Waals surface area contributed by atoms with Gasteiger partial charge in [-0.2, -0.15) is 0 Å². The summed E-state index contributed by atoms with van der Waals surface area (Å²) in [5.74, 6) is -0.0167. The van der Waals surface area contributed by atoms with Crippen molar-refractivity contribution >= 4 is 11.6 Å². The lowest BCUT2D eigenvalue weighted by molar-refractivity contribution is -0.131. The average molecular weight is 248 g/mol. The molecule has 1 aliphatic rings. The highest BCUT2D eigenvalue weighted by Crippen LogP contribution is 2.35. The van der Waals surface area contributed by atoms with Crippen molar-refractivity contribution in [1.82, 2.24) is 5.43 Å². The van der Waals surface area contributed by atoms with E-state index in [1.165, 1.54) is 0 Å². The van der Waals surface area contributed by atoms with Gasteiger partial charge in [0.25, 0.3) is 0 Å². The number of nitrogens with one attached hydrogen (secondary N) is 1. The van der Waals surface area contributed by atoms with Gasteiger partial charge in [0.15, 0.2) is 6.23 Å². The molecule has 1 saturated heterocycles. The number of carbonyl (C=O) groups is 1. The van der Waals surface area contributed by atoms with Gasteiger partial charge in [-0.3, -0.25) is 15.2 Å². The smallest absolute Gasteiger partial charge is 0.248 e. The molecule has 98 valence electrons. The van der Waals surface area contributed by atoms with Crippen LogP contribution in [0, 0.1) is 5.41 Å². The maximum absolute atomic E-state index is 12.0. The van der Waals surface area contributed by atoms with Crippen molar-refractivity contribution in [3.05, 3.63) is 30.3 Å². The van der Waals surface area contributed by atoms with Gasteiger partial charge in [0.2, 0.25) is 5.91 Å². The highest BCUT2D eigenvalue weighted by atomic mass is 16.5. The number of carbonyl (C=O) groups excluding carboxylic acids is 1. The number of ether oxygens (including phenoxy) is 1. The summed E-state index contributed by atoms with van der Waals surface area (Å²) in [5.41, 5.74) is 3.25. The van der Waals surface area contributed by atoms with Gasteiger partial charge in [-0.25, -0.2) is 0 Å². The standard InChI is InChI=1S/C14H20N2O2/c1-10(2)18-13-14(3,4)12(17)15-16(13)11-8-6-5-7-9-11/h5-10,13H,1-4H3,(H,15,17). The highest BCUT2D eigenvalue weighted by molar-refractivity contribution is 5.87. The summed E-state index contributed by atoms with van der Waals surface area (Å²) < 4.78 is 5.91. The summed E-state index contributed by atoms with van der Waals surface area (Å²) >= 11 is 0. The predicted octanol–water partition coefficient (Wildman–Crippen LogP) is 2.32. The molecule has 18 heavy (non-hydrogen) atoms. The molecule has 0 spiro atoms. The first kappa shape index (κ1) is 12.9. The Hall–Kier alpha value is -1.55. The van der Waals surface area contributed by atoms with E-state index in [2.05, 4.69) is 5.43 Å². The first-order valence-corrected chi connectivity index (χ1v) is 6.24. The molecule has 0 bridgehead atoms. The van der Waals surface area contributed by atoms with Crippen molar-refractivity contribution in [2.45, 2.75) is 40.0 Å². The second-order valence-corrected chi connectivity index (χ2v) is 5.41. The van der Waals surface area contributed by atoms with E-state index in [1.54, 1.807) is 0 Å². The minimum absolute atomic E-state index is 0.0167. The quantitative estimate of drug-likeness (QED) is 0.892. The number of para-hydroxylation sites is 1. The summed E-state index contributed by atoms with van der Waals surface area (Å²) in [7, 11) is 0. The molecule has 1 amide bonds. The molecule has 2 rings (SSSR count). The molecule has 1 N–H and O–H groups in total. The van der Waals surface area contributed by atoms with Crippen LogP contribution in [0.1, 0.15) is 27.7 Å². The molecular formula is C14H20N2O2. The summed E-state index contributed by atoms with van der Waals surface area (Å²) in [6.07, 6.45) is -0.236. The Morgan fingerprint density at radius 1 is 1.28 bits per heavy atom. The molecule has 0 saturated carbocycles. The van der Waals surface area contributed by atoms with E-state index in [9.17, 15) is 4.79 Å². The van der Waals surface area contributed by atoms with E-state index < -0.39 is 5.41 Å². The molecule has 0 aromatic heterocycles. The van der Waals surface area contributed by atoms with E-state index in [0.29, 0.717) is 0 Å². The van der Waals surface area contributed by atoms with Gasteiger partial charge in [-0.1, -0.05) is 18.2 Å². The van der Waals surface area contributed by atoms with Crippen molar-refractivity contribution < 1.29 is 9.53 Å². The van der Waals surface area contributed by atoms with Gasteiger partial charge < -0.3 is 4.74 Å². The van der Waals surface area contributed by atoms with Crippen LogP contribution in [0.15, 0.2) is 30.3 Å². The Bertz CT molecular complexity index is 429. The maximum Gasteiger partial charge on any atom is 0.248 e. The summed E-state index contributed by atoms with van der Waals surface area (Å²) in [6.45, 7) is 7.75. The fraction of sp³-hybridized carbons (Fsp3) is 0.500. The molecular weight excluding hydrogens is 228 g/mol. The van der Waals surface area contributed by atoms with Crippen molar-refractivity contribution in [3.63, 3.8) is 0 Å². The van der Waals surface area contributed by atoms with Gasteiger partial charge >= 0.3 is 0 Å². The Balaban J connectivity index is 2.32. The number of hydrazine groups is 1. The van der Waals surface area contributed by atoms with Gasteiger partial charge in [-0.05, 0) is 39.8 Å². The van der Waals surface area contributed by atoms with Gasteiger partial charge in [0, 0.05) is 0 Å². The molecule has 1 aromatic carbocycles. The molecule has 1 aliphatic heterocycles. The van der Waals surface area contributed by atoms with Crippen molar-refractivity contribution in [3.8, 4) is 0 Å². The lowest BCUT2D eigenvalue weighted by atomic mass is 9.91. The van der Waals surface area contributed by atoms with Crippen LogP contribution in [0.5, 0.6) is 0 Å². The fourth-order valence-corrected chi connectivity index (χ4v) is 2.02. The SMILES string of the molecule is CC(C)OC1N(c2ccccc2)NC(=O)C1(C)C. The third-order valence-corrected chi connectivity index (χ3v) is 3.09. The van der Waals surface area contributed by atoms with Crippen molar-refractivity contribution in [2.75, 3.05) is 5.01 Å². The molecule has 0 radical (unpaired) electrons. The van der Waals surface area contributed by atoms with E-state index in [1.807, 2.05) is 63.0 Å². The van der Waals surface area contributed by atoms with Crippen LogP contribution in [-0.4, -0.2) is 18.2 Å². The lowest BCUT2D eigenvalue weighted by Gasteiger charge is -2.32. The van der Waals surface area contributed by atoms with Gasteiger partial charge in [-0.15, -0.1) is 0 Å². The van der Waals surface area contributed by atoms with Crippen LogP contribution in [0.2, 0.25) is 0 Å². The molecule has 1 unspecified atom stereocenters. The largest absolute Gasteiger partial charge is 0.353 e. The van der Waals surface area contributed by atoms with Gasteiger partial charge in [0.05, 0.1) is 17.2 Å². The summed E-state index contributed by atoms with van der Waals surface area (Å²) in [4.78, 5) is 12.0. The fourth-order valence-electron chi connectivity index (χ4n) is 2.02. The Morgan fingerprint density at radius 2 is 1.89 bits per heavy atom. The number of nitrogens with zero attached hydrogens (tertiary/aromatic N) is 1. The van der Waals surface area contributed by atoms with Crippen LogP contribution in [0.4, 0.5) is 5.69 Å².